The molecule has 2 N–H and O–H groups in total. The van der Waals surface area contributed by atoms with E-state index in [1.54, 1.807) is 6.07 Å². The van der Waals surface area contributed by atoms with Crippen molar-refractivity contribution >= 4 is 0 Å². The fourth-order valence-electron chi connectivity index (χ4n) is 1.40. The maximum Gasteiger partial charge on any atom is 0.416 e. The summed E-state index contributed by atoms with van der Waals surface area (Å²) in [4.78, 5) is 0. The topological polar surface area (TPSA) is 26.0 Å². The molecule has 1 nitrogen and oxygen atoms in total. The fourth-order valence-corrected chi connectivity index (χ4v) is 1.40. The molecule has 0 spiro atoms. The standard InChI is InChI=1S/C11H14F3N/c1-7(2)8-3-4-9(6-15)10(5-8)11(12,13)14/h3-5,7H,6,15H2,1-2H3. The van der Waals surface area contributed by atoms with E-state index in [9.17, 15) is 13.2 Å². The molecule has 0 aliphatic carbocycles. The largest absolute Gasteiger partial charge is 0.416 e. The quantitative estimate of drug-likeness (QED) is 0.808. The van der Waals surface area contributed by atoms with E-state index in [2.05, 4.69) is 0 Å². The zero-order valence-electron chi connectivity index (χ0n) is 8.73. The van der Waals surface area contributed by atoms with E-state index in [-0.39, 0.29) is 18.0 Å². The second kappa shape index (κ2) is 4.23. The van der Waals surface area contributed by atoms with Gasteiger partial charge in [-0.25, -0.2) is 0 Å². The summed E-state index contributed by atoms with van der Waals surface area (Å²) in [6.45, 7) is 3.63. The van der Waals surface area contributed by atoms with Crippen LogP contribution in [0, 0.1) is 0 Å². The predicted molar refractivity (Wildman–Crippen MR) is 53.4 cm³/mol. The van der Waals surface area contributed by atoms with Crippen LogP contribution in [0.25, 0.3) is 0 Å². The van der Waals surface area contributed by atoms with Crippen molar-refractivity contribution in [2.24, 2.45) is 5.73 Å². The van der Waals surface area contributed by atoms with Crippen LogP contribution in [0.15, 0.2) is 18.2 Å². The highest BCUT2D eigenvalue weighted by atomic mass is 19.4. The summed E-state index contributed by atoms with van der Waals surface area (Å²) in [6, 6.07) is 4.34. The first-order valence-corrected chi connectivity index (χ1v) is 4.76. The van der Waals surface area contributed by atoms with E-state index in [1.807, 2.05) is 13.8 Å². The van der Waals surface area contributed by atoms with E-state index in [1.165, 1.54) is 12.1 Å². The second-order valence-electron chi connectivity index (χ2n) is 3.77. The van der Waals surface area contributed by atoms with Crippen molar-refractivity contribution in [2.45, 2.75) is 32.5 Å². The lowest BCUT2D eigenvalue weighted by Crippen LogP contribution is -2.12. The average Bonchev–Trinajstić information content (AvgIpc) is 2.15. The lowest BCUT2D eigenvalue weighted by Gasteiger charge is -2.14. The molecule has 0 aromatic heterocycles. The predicted octanol–water partition coefficient (Wildman–Crippen LogP) is 3.29. The van der Waals surface area contributed by atoms with Crippen LogP contribution in [0.5, 0.6) is 0 Å². The summed E-state index contributed by atoms with van der Waals surface area (Å²) in [6.07, 6.45) is -4.32. The summed E-state index contributed by atoms with van der Waals surface area (Å²) in [5.74, 6) is 0.0814. The lowest BCUT2D eigenvalue weighted by molar-refractivity contribution is -0.138. The Hall–Kier alpha value is -1.03. The summed E-state index contributed by atoms with van der Waals surface area (Å²) < 4.78 is 37.9. The molecule has 15 heavy (non-hydrogen) atoms. The Labute approximate surface area is 87.1 Å². The Bertz CT molecular complexity index is 342. The average molecular weight is 217 g/mol. The van der Waals surface area contributed by atoms with Gasteiger partial charge in [0.05, 0.1) is 5.56 Å². The maximum atomic E-state index is 12.6. The van der Waals surface area contributed by atoms with Crippen molar-refractivity contribution in [3.8, 4) is 0 Å². The fraction of sp³-hybridized carbons (Fsp3) is 0.455. The number of rotatable bonds is 2. The van der Waals surface area contributed by atoms with E-state index >= 15 is 0 Å². The van der Waals surface area contributed by atoms with Crippen LogP contribution in [0.1, 0.15) is 36.5 Å². The van der Waals surface area contributed by atoms with Crippen molar-refractivity contribution < 1.29 is 13.2 Å². The van der Waals surface area contributed by atoms with Crippen molar-refractivity contribution in [1.29, 1.82) is 0 Å². The Kier molecular flexibility index (Phi) is 3.39. The molecule has 0 saturated heterocycles. The molecule has 1 aromatic rings. The van der Waals surface area contributed by atoms with E-state index in [0.29, 0.717) is 5.56 Å². The van der Waals surface area contributed by atoms with Crippen molar-refractivity contribution in [3.05, 3.63) is 34.9 Å². The molecular weight excluding hydrogens is 203 g/mol. The molecule has 1 rings (SSSR count). The van der Waals surface area contributed by atoms with Crippen LogP contribution in [0.3, 0.4) is 0 Å². The number of hydrogen-bond acceptors (Lipinski definition) is 1. The van der Waals surface area contributed by atoms with Gasteiger partial charge in [-0.05, 0) is 23.1 Å². The van der Waals surface area contributed by atoms with Gasteiger partial charge in [0.1, 0.15) is 0 Å². The molecule has 0 radical (unpaired) electrons. The molecule has 0 unspecified atom stereocenters. The van der Waals surface area contributed by atoms with Gasteiger partial charge in [0.25, 0.3) is 0 Å². The zero-order chi connectivity index (χ0) is 11.6. The molecule has 0 saturated carbocycles. The smallest absolute Gasteiger partial charge is 0.326 e. The Morgan fingerprint density at radius 2 is 1.87 bits per heavy atom. The van der Waals surface area contributed by atoms with Crippen molar-refractivity contribution in [1.82, 2.24) is 0 Å². The molecule has 0 aliphatic rings. The van der Waals surface area contributed by atoms with Crippen LogP contribution in [0.4, 0.5) is 13.2 Å². The second-order valence-corrected chi connectivity index (χ2v) is 3.77. The molecule has 0 heterocycles. The zero-order valence-corrected chi connectivity index (χ0v) is 8.73. The molecule has 1 aromatic carbocycles. The molecule has 4 heteroatoms. The minimum Gasteiger partial charge on any atom is -0.326 e. The molecule has 84 valence electrons. The summed E-state index contributed by atoms with van der Waals surface area (Å²) in [7, 11) is 0. The third-order valence-electron chi connectivity index (χ3n) is 2.33. The third-order valence-corrected chi connectivity index (χ3v) is 2.33. The minimum absolute atomic E-state index is 0.0814. The van der Waals surface area contributed by atoms with Gasteiger partial charge < -0.3 is 5.73 Å². The molecular formula is C11H14F3N. The van der Waals surface area contributed by atoms with Crippen LogP contribution < -0.4 is 5.73 Å². The number of hydrogen-bond donors (Lipinski definition) is 1. The highest BCUT2D eigenvalue weighted by molar-refractivity contribution is 5.35. The molecule has 0 atom stereocenters. The highest BCUT2D eigenvalue weighted by Crippen LogP contribution is 2.33. The summed E-state index contributed by atoms with van der Waals surface area (Å²) in [5, 5.41) is 0. The first kappa shape index (κ1) is 12.0. The van der Waals surface area contributed by atoms with Crippen LogP contribution in [-0.2, 0) is 12.7 Å². The van der Waals surface area contributed by atoms with Gasteiger partial charge in [-0.3, -0.25) is 0 Å². The number of alkyl halides is 3. The highest BCUT2D eigenvalue weighted by Gasteiger charge is 2.33. The van der Waals surface area contributed by atoms with Gasteiger partial charge in [-0.1, -0.05) is 26.0 Å². The first-order chi connectivity index (χ1) is 6.86. The molecule has 0 fully saturated rings. The van der Waals surface area contributed by atoms with Gasteiger partial charge in [0.15, 0.2) is 0 Å². The number of benzene rings is 1. The maximum absolute atomic E-state index is 12.6. The van der Waals surface area contributed by atoms with E-state index in [4.69, 9.17) is 5.73 Å². The minimum atomic E-state index is -4.32. The van der Waals surface area contributed by atoms with E-state index < -0.39 is 11.7 Å². The Morgan fingerprint density at radius 1 is 1.27 bits per heavy atom. The van der Waals surface area contributed by atoms with Gasteiger partial charge in [-0.15, -0.1) is 0 Å². The SMILES string of the molecule is CC(C)c1ccc(CN)c(C(F)(F)F)c1. The van der Waals surface area contributed by atoms with Crippen LogP contribution in [0.2, 0.25) is 0 Å². The van der Waals surface area contributed by atoms with Gasteiger partial charge in [0.2, 0.25) is 0 Å². The van der Waals surface area contributed by atoms with Crippen molar-refractivity contribution in [2.75, 3.05) is 0 Å². The van der Waals surface area contributed by atoms with Gasteiger partial charge in [-0.2, -0.15) is 13.2 Å². The monoisotopic (exact) mass is 217 g/mol. The van der Waals surface area contributed by atoms with Crippen molar-refractivity contribution in [3.63, 3.8) is 0 Å². The van der Waals surface area contributed by atoms with Gasteiger partial charge in [0, 0.05) is 6.54 Å². The third kappa shape index (κ3) is 2.72. The molecule has 0 bridgehead atoms. The molecule has 0 aliphatic heterocycles. The van der Waals surface area contributed by atoms with Gasteiger partial charge >= 0.3 is 6.18 Å². The first-order valence-electron chi connectivity index (χ1n) is 4.76. The van der Waals surface area contributed by atoms with Crippen LogP contribution >= 0.6 is 0 Å². The Morgan fingerprint density at radius 3 is 2.27 bits per heavy atom. The normalized spacial score (nSPS) is 12.2. The van der Waals surface area contributed by atoms with Crippen LogP contribution in [-0.4, -0.2) is 0 Å². The lowest BCUT2D eigenvalue weighted by atomic mass is 9.97. The summed E-state index contributed by atoms with van der Waals surface area (Å²) in [5.41, 5.74) is 5.48. The Balaban J connectivity index is 3.26. The number of halogens is 3. The molecule has 0 amide bonds. The van der Waals surface area contributed by atoms with E-state index in [0.717, 1.165) is 0 Å². The summed E-state index contributed by atoms with van der Waals surface area (Å²) >= 11 is 0. The number of nitrogens with two attached hydrogens (primary N) is 1.